The number of nitrogens with one attached hydrogen (secondary N) is 1. The first kappa shape index (κ1) is 20.7. The number of nitrogen functional groups attached to an aromatic ring is 1. The van der Waals surface area contributed by atoms with Crippen molar-refractivity contribution in [3.8, 4) is 11.8 Å². The Morgan fingerprint density at radius 2 is 2.07 bits per heavy atom. The summed E-state index contributed by atoms with van der Waals surface area (Å²) in [4.78, 5) is 4.04. The monoisotopic (exact) mass is 422 g/mol. The molecule has 1 atom stereocenters. The zero-order chi connectivity index (χ0) is 21.0. The number of nitrogens with two attached hydrogens (primary N) is 1. The molecule has 0 bridgehead atoms. The molecule has 0 fully saturated rings. The van der Waals surface area contributed by atoms with E-state index in [-0.39, 0.29) is 18.0 Å². The van der Waals surface area contributed by atoms with E-state index in [2.05, 4.69) is 22.1 Å². The van der Waals surface area contributed by atoms with E-state index < -0.39 is 23.8 Å². The number of anilines is 2. The van der Waals surface area contributed by atoms with Crippen molar-refractivity contribution >= 4 is 33.4 Å². The molecule has 0 saturated heterocycles. The zero-order valence-corrected chi connectivity index (χ0v) is 15.8. The molecule has 0 aliphatic rings. The smallest absolute Gasteiger partial charge is 0.398 e. The van der Waals surface area contributed by atoms with Crippen LogP contribution in [0.3, 0.4) is 0 Å². The highest BCUT2D eigenvalue weighted by Crippen LogP contribution is 2.28. The van der Waals surface area contributed by atoms with Gasteiger partial charge in [0.25, 0.3) is 0 Å². The van der Waals surface area contributed by atoms with Gasteiger partial charge in [0.15, 0.2) is 11.1 Å². The third kappa shape index (κ3) is 5.49. The van der Waals surface area contributed by atoms with Gasteiger partial charge in [-0.05, 0) is 36.3 Å². The summed E-state index contributed by atoms with van der Waals surface area (Å²) < 4.78 is 59.7. The number of pyridine rings is 1. The Labute approximate surface area is 167 Å². The van der Waals surface area contributed by atoms with Crippen LogP contribution in [0.15, 0.2) is 42.6 Å². The molecule has 0 aliphatic heterocycles. The van der Waals surface area contributed by atoms with Crippen LogP contribution in [0.4, 0.5) is 24.5 Å². The molecule has 4 N–H and O–H groups in total. The Kier molecular flexibility index (Phi) is 6.10. The van der Waals surface area contributed by atoms with E-state index >= 15 is 0 Å². The Bertz CT molecular complexity index is 1100. The lowest BCUT2D eigenvalue weighted by atomic mass is 10.2. The van der Waals surface area contributed by atoms with Crippen molar-refractivity contribution in [3.63, 3.8) is 0 Å². The third-order valence-corrected chi connectivity index (χ3v) is 4.55. The van der Waals surface area contributed by atoms with Crippen molar-refractivity contribution < 1.29 is 21.9 Å². The Balaban J connectivity index is 1.77. The van der Waals surface area contributed by atoms with Crippen LogP contribution in [0.1, 0.15) is 11.4 Å². The number of halogens is 3. The number of aromatic nitrogens is 2. The van der Waals surface area contributed by atoms with Crippen molar-refractivity contribution in [1.82, 2.24) is 9.55 Å². The van der Waals surface area contributed by atoms with Gasteiger partial charge in [-0.15, -0.1) is 0 Å². The summed E-state index contributed by atoms with van der Waals surface area (Å²) in [5.74, 6) is 5.50. The molecule has 0 aliphatic carbocycles. The van der Waals surface area contributed by atoms with E-state index in [1.54, 1.807) is 36.4 Å². The van der Waals surface area contributed by atoms with Crippen LogP contribution in [-0.2, 0) is 23.4 Å². The highest BCUT2D eigenvalue weighted by atomic mass is 32.2. The lowest BCUT2D eigenvalue weighted by Crippen LogP contribution is -2.18. The summed E-state index contributed by atoms with van der Waals surface area (Å²) in [5.41, 5.74) is 7.96. The van der Waals surface area contributed by atoms with Gasteiger partial charge >= 0.3 is 6.18 Å². The Hall–Kier alpha value is -3.03. The fourth-order valence-corrected chi connectivity index (χ4v) is 3.21. The van der Waals surface area contributed by atoms with Gasteiger partial charge in [0.2, 0.25) is 0 Å². The molecule has 3 rings (SSSR count). The third-order valence-electron chi connectivity index (χ3n) is 4.01. The second-order valence-corrected chi connectivity index (χ2v) is 7.10. The minimum absolute atomic E-state index is 0.0625. The maximum absolute atomic E-state index is 13.0. The minimum atomic E-state index is -4.39. The van der Waals surface area contributed by atoms with Gasteiger partial charge < -0.3 is 20.2 Å². The average Bonchev–Trinajstić information content (AvgIpc) is 2.97. The zero-order valence-electron chi connectivity index (χ0n) is 15.0. The maximum atomic E-state index is 13.0. The van der Waals surface area contributed by atoms with Gasteiger partial charge in [-0.2, -0.15) is 13.2 Å². The molecule has 6 nitrogen and oxygen atoms in total. The fourth-order valence-electron chi connectivity index (χ4n) is 2.78. The molecule has 29 heavy (non-hydrogen) atoms. The number of hydrogen-bond acceptors (Lipinski definition) is 4. The fraction of sp³-hybridized carbons (Fsp3) is 0.211. The number of fused-ring (bicyclic) bond motifs is 1. The summed E-state index contributed by atoms with van der Waals surface area (Å²) in [7, 11) is 0. The van der Waals surface area contributed by atoms with E-state index in [0.29, 0.717) is 28.0 Å². The molecule has 1 unspecified atom stereocenters. The standard InChI is InChI=1S/C19H17F3N4O2S/c20-19(21,22)12-26-15(9-16-17(23)4-1-5-18(16)26)3-2-8-24-13-6-7-14(25-10-13)11-29(27)28/h1,4-7,9-10,24H,8,11-12,23H2,(H,27,28). The first-order valence-electron chi connectivity index (χ1n) is 8.42. The van der Waals surface area contributed by atoms with Crippen molar-refractivity contribution in [2.75, 3.05) is 17.6 Å². The van der Waals surface area contributed by atoms with Crippen LogP contribution < -0.4 is 11.1 Å². The molecule has 0 saturated carbocycles. The number of hydrogen-bond donors (Lipinski definition) is 3. The van der Waals surface area contributed by atoms with Crippen molar-refractivity contribution in [2.24, 2.45) is 0 Å². The minimum Gasteiger partial charge on any atom is -0.398 e. The topological polar surface area (TPSA) is 93.2 Å². The quantitative estimate of drug-likeness (QED) is 0.333. The first-order chi connectivity index (χ1) is 13.7. The predicted molar refractivity (Wildman–Crippen MR) is 106 cm³/mol. The van der Waals surface area contributed by atoms with Gasteiger partial charge in [-0.25, -0.2) is 4.21 Å². The molecule has 3 aromatic rings. The maximum Gasteiger partial charge on any atom is 0.406 e. The van der Waals surface area contributed by atoms with Gasteiger partial charge in [0.1, 0.15) is 6.54 Å². The van der Waals surface area contributed by atoms with Crippen LogP contribution in [0.5, 0.6) is 0 Å². The summed E-state index contributed by atoms with van der Waals surface area (Å²) >= 11 is -1.97. The summed E-state index contributed by atoms with van der Waals surface area (Å²) in [6, 6.07) is 9.64. The van der Waals surface area contributed by atoms with Gasteiger partial charge in [0.05, 0.1) is 41.1 Å². The Morgan fingerprint density at radius 1 is 1.28 bits per heavy atom. The van der Waals surface area contributed by atoms with Crippen LogP contribution in [-0.4, -0.2) is 31.0 Å². The summed E-state index contributed by atoms with van der Waals surface area (Å²) in [5, 5.41) is 3.50. The molecule has 1 aromatic carbocycles. The van der Waals surface area contributed by atoms with Crippen LogP contribution in [0, 0.1) is 11.8 Å². The molecule has 0 radical (unpaired) electrons. The van der Waals surface area contributed by atoms with E-state index in [0.717, 1.165) is 4.57 Å². The van der Waals surface area contributed by atoms with Crippen LogP contribution >= 0.6 is 0 Å². The number of alkyl halides is 3. The largest absolute Gasteiger partial charge is 0.406 e. The SMILES string of the molecule is Nc1cccc2c1cc(C#CCNc1ccc(CS(=O)O)nc1)n2CC(F)(F)F. The van der Waals surface area contributed by atoms with Crippen LogP contribution in [0.25, 0.3) is 10.9 Å². The molecule has 2 aromatic heterocycles. The molecular formula is C19H17F3N4O2S. The lowest BCUT2D eigenvalue weighted by Gasteiger charge is -2.11. The van der Waals surface area contributed by atoms with E-state index in [1.807, 2.05) is 0 Å². The first-order valence-corrected chi connectivity index (χ1v) is 9.70. The molecule has 0 spiro atoms. The second kappa shape index (κ2) is 8.55. The van der Waals surface area contributed by atoms with Gasteiger partial charge in [-0.3, -0.25) is 4.98 Å². The molecule has 2 heterocycles. The van der Waals surface area contributed by atoms with Crippen molar-refractivity contribution in [2.45, 2.75) is 18.5 Å². The summed E-state index contributed by atoms with van der Waals surface area (Å²) in [6.45, 7) is -0.981. The molecule has 10 heteroatoms. The van der Waals surface area contributed by atoms with E-state index in [9.17, 15) is 17.4 Å². The molecular weight excluding hydrogens is 405 g/mol. The highest BCUT2D eigenvalue weighted by molar-refractivity contribution is 7.78. The molecule has 0 amide bonds. The van der Waals surface area contributed by atoms with E-state index in [4.69, 9.17) is 10.3 Å². The molecule has 152 valence electrons. The highest BCUT2D eigenvalue weighted by Gasteiger charge is 2.29. The predicted octanol–water partition coefficient (Wildman–Crippen LogP) is 3.37. The number of benzene rings is 1. The van der Waals surface area contributed by atoms with Crippen LogP contribution in [0.2, 0.25) is 0 Å². The second-order valence-electron chi connectivity index (χ2n) is 6.17. The van der Waals surface area contributed by atoms with Gasteiger partial charge in [0, 0.05) is 11.1 Å². The number of rotatable bonds is 5. The van der Waals surface area contributed by atoms with Gasteiger partial charge in [-0.1, -0.05) is 12.0 Å². The normalized spacial score (nSPS) is 12.4. The summed E-state index contributed by atoms with van der Waals surface area (Å²) in [6.07, 6.45) is -2.90. The van der Waals surface area contributed by atoms with E-state index in [1.165, 1.54) is 6.20 Å². The lowest BCUT2D eigenvalue weighted by molar-refractivity contribution is -0.140. The van der Waals surface area contributed by atoms with Crippen molar-refractivity contribution in [1.29, 1.82) is 0 Å². The van der Waals surface area contributed by atoms with Crippen molar-refractivity contribution in [3.05, 3.63) is 54.0 Å². The average molecular weight is 422 g/mol. The Morgan fingerprint density at radius 3 is 2.72 bits per heavy atom. The number of nitrogens with zero attached hydrogens (tertiary/aromatic N) is 2.